The van der Waals surface area contributed by atoms with Crippen LogP contribution in [-0.4, -0.2) is 25.5 Å². The number of hydrogen-bond donors (Lipinski definition) is 2. The van der Waals surface area contributed by atoms with Crippen LogP contribution in [0, 0.1) is 11.3 Å². The van der Waals surface area contributed by atoms with Gasteiger partial charge in [0.05, 0.1) is 31.2 Å². The number of hydrogen-bond acceptors (Lipinski definition) is 5. The van der Waals surface area contributed by atoms with Crippen molar-refractivity contribution in [3.05, 3.63) is 48.0 Å². The van der Waals surface area contributed by atoms with Crippen LogP contribution in [0.4, 0.5) is 11.4 Å². The average Bonchev–Trinajstić information content (AvgIpc) is 2.69. The number of rotatable bonds is 9. The van der Waals surface area contributed by atoms with E-state index in [9.17, 15) is 9.59 Å². The quantitative estimate of drug-likeness (QED) is 0.692. The Hall–Kier alpha value is -3.53. The highest BCUT2D eigenvalue weighted by Crippen LogP contribution is 2.28. The van der Waals surface area contributed by atoms with Gasteiger partial charge in [0.15, 0.2) is 11.5 Å². The zero-order valence-electron chi connectivity index (χ0n) is 16.0. The van der Waals surface area contributed by atoms with E-state index in [0.717, 1.165) is 5.56 Å². The highest BCUT2D eigenvalue weighted by molar-refractivity contribution is 6.00. The van der Waals surface area contributed by atoms with Crippen LogP contribution in [0.15, 0.2) is 42.5 Å². The smallest absolute Gasteiger partial charge is 0.238 e. The average molecular weight is 381 g/mol. The molecule has 0 bridgehead atoms. The van der Waals surface area contributed by atoms with Crippen LogP contribution in [0.2, 0.25) is 0 Å². The molecule has 2 amide bonds. The van der Waals surface area contributed by atoms with Crippen LogP contribution in [0.3, 0.4) is 0 Å². The van der Waals surface area contributed by atoms with E-state index in [-0.39, 0.29) is 18.7 Å². The zero-order valence-corrected chi connectivity index (χ0v) is 16.0. The van der Waals surface area contributed by atoms with Crippen molar-refractivity contribution >= 4 is 23.2 Å². The predicted octanol–water partition coefficient (Wildman–Crippen LogP) is 3.52. The van der Waals surface area contributed by atoms with E-state index in [1.165, 1.54) is 0 Å². The lowest BCUT2D eigenvalue weighted by molar-refractivity contribution is -0.116. The number of aryl methyl sites for hydroxylation is 1. The van der Waals surface area contributed by atoms with Gasteiger partial charge in [0.25, 0.3) is 0 Å². The van der Waals surface area contributed by atoms with Crippen molar-refractivity contribution in [1.82, 2.24) is 0 Å². The number of carbonyl (C=O) groups excluding carboxylic acids is 2. The topological polar surface area (TPSA) is 100 Å². The second-order valence-corrected chi connectivity index (χ2v) is 5.90. The van der Waals surface area contributed by atoms with Crippen molar-refractivity contribution in [1.29, 1.82) is 5.26 Å². The summed E-state index contributed by atoms with van der Waals surface area (Å²) in [4.78, 5) is 24.0. The molecular weight excluding hydrogens is 358 g/mol. The van der Waals surface area contributed by atoms with E-state index in [1.807, 2.05) is 25.1 Å². The Kier molecular flexibility index (Phi) is 7.85. The first kappa shape index (κ1) is 20.8. The molecule has 0 saturated heterocycles. The Bertz CT molecular complexity index is 874. The molecule has 0 unspecified atom stereocenters. The lowest BCUT2D eigenvalue weighted by Crippen LogP contribution is -2.16. The molecule has 28 heavy (non-hydrogen) atoms. The molecular formula is C21H23N3O4. The van der Waals surface area contributed by atoms with Gasteiger partial charge in [0, 0.05) is 6.42 Å². The van der Waals surface area contributed by atoms with Gasteiger partial charge in [-0.25, -0.2) is 0 Å². The Morgan fingerprint density at radius 1 is 1.04 bits per heavy atom. The molecule has 0 fully saturated rings. The summed E-state index contributed by atoms with van der Waals surface area (Å²) in [5.41, 5.74) is 1.90. The Labute approximate surface area is 164 Å². The third-order valence-corrected chi connectivity index (χ3v) is 3.88. The summed E-state index contributed by atoms with van der Waals surface area (Å²) in [5.74, 6) is 0.686. The number of nitrogens with zero attached hydrogens (tertiary/aromatic N) is 1. The molecule has 0 aliphatic carbocycles. The third-order valence-electron chi connectivity index (χ3n) is 3.88. The first-order valence-corrected chi connectivity index (χ1v) is 8.92. The van der Waals surface area contributed by atoms with Crippen LogP contribution in [0.1, 0.15) is 25.3 Å². The Morgan fingerprint density at radius 2 is 1.71 bits per heavy atom. The van der Waals surface area contributed by atoms with Gasteiger partial charge < -0.3 is 20.1 Å². The number of benzene rings is 2. The molecule has 0 aromatic heterocycles. The standard InChI is InChI=1S/C21H23N3O4/c1-3-28-18-10-8-15(14-19(18)27-2)9-11-20(25)23-16-6-4-5-7-17(16)24-21(26)12-13-22/h4-8,10,14H,3,9,11-12H2,1-2H3,(H,23,25)(H,24,26). The second-order valence-electron chi connectivity index (χ2n) is 5.90. The maximum Gasteiger partial charge on any atom is 0.238 e. The van der Waals surface area contributed by atoms with Crippen LogP contribution in [0.5, 0.6) is 11.5 Å². The molecule has 7 heteroatoms. The Balaban J connectivity index is 1.98. The van der Waals surface area contributed by atoms with Crippen molar-refractivity contribution in [3.8, 4) is 17.6 Å². The maximum atomic E-state index is 12.3. The molecule has 7 nitrogen and oxygen atoms in total. The maximum absolute atomic E-state index is 12.3. The summed E-state index contributed by atoms with van der Waals surface area (Å²) in [5, 5.41) is 14.0. The third kappa shape index (κ3) is 6.02. The second kappa shape index (κ2) is 10.6. The fourth-order valence-electron chi connectivity index (χ4n) is 2.58. The first-order chi connectivity index (χ1) is 13.6. The molecule has 0 atom stereocenters. The summed E-state index contributed by atoms with van der Waals surface area (Å²) < 4.78 is 10.8. The van der Waals surface area contributed by atoms with Crippen LogP contribution >= 0.6 is 0 Å². The summed E-state index contributed by atoms with van der Waals surface area (Å²) in [6.45, 7) is 2.45. The molecule has 0 aliphatic heterocycles. The lowest BCUT2D eigenvalue weighted by Gasteiger charge is -2.12. The number of nitriles is 1. The van der Waals surface area contributed by atoms with Crippen molar-refractivity contribution in [3.63, 3.8) is 0 Å². The number of amides is 2. The van der Waals surface area contributed by atoms with E-state index in [0.29, 0.717) is 35.9 Å². The predicted molar refractivity (Wildman–Crippen MR) is 106 cm³/mol. The lowest BCUT2D eigenvalue weighted by atomic mass is 10.1. The molecule has 0 heterocycles. The molecule has 0 aliphatic rings. The first-order valence-electron chi connectivity index (χ1n) is 8.92. The molecule has 2 N–H and O–H groups in total. The largest absolute Gasteiger partial charge is 0.493 e. The highest BCUT2D eigenvalue weighted by Gasteiger charge is 2.11. The number of anilines is 2. The van der Waals surface area contributed by atoms with Gasteiger partial charge in [-0.3, -0.25) is 9.59 Å². The Morgan fingerprint density at radius 3 is 2.32 bits per heavy atom. The molecule has 2 aromatic rings. The molecule has 2 rings (SSSR count). The minimum Gasteiger partial charge on any atom is -0.493 e. The SMILES string of the molecule is CCOc1ccc(CCC(=O)Nc2ccccc2NC(=O)CC#N)cc1OC. The van der Waals surface area contributed by atoms with Crippen molar-refractivity contribution < 1.29 is 19.1 Å². The fourth-order valence-corrected chi connectivity index (χ4v) is 2.58. The zero-order chi connectivity index (χ0) is 20.4. The molecule has 2 aromatic carbocycles. The summed E-state index contributed by atoms with van der Waals surface area (Å²) in [7, 11) is 1.58. The summed E-state index contributed by atoms with van der Waals surface area (Å²) >= 11 is 0. The van der Waals surface area contributed by atoms with E-state index in [1.54, 1.807) is 37.4 Å². The van der Waals surface area contributed by atoms with E-state index >= 15 is 0 Å². The summed E-state index contributed by atoms with van der Waals surface area (Å²) in [6.07, 6.45) is 0.539. The van der Waals surface area contributed by atoms with E-state index in [4.69, 9.17) is 14.7 Å². The van der Waals surface area contributed by atoms with Crippen molar-refractivity contribution in [2.75, 3.05) is 24.4 Å². The van der Waals surface area contributed by atoms with Crippen LogP contribution in [0.25, 0.3) is 0 Å². The van der Waals surface area contributed by atoms with Gasteiger partial charge in [-0.1, -0.05) is 18.2 Å². The fraction of sp³-hybridized carbons (Fsp3) is 0.286. The number of para-hydroxylation sites is 2. The molecule has 0 radical (unpaired) electrons. The van der Waals surface area contributed by atoms with E-state index < -0.39 is 5.91 Å². The van der Waals surface area contributed by atoms with Gasteiger partial charge >= 0.3 is 0 Å². The van der Waals surface area contributed by atoms with Gasteiger partial charge in [0.1, 0.15) is 6.42 Å². The summed E-state index contributed by atoms with van der Waals surface area (Å²) in [6, 6.07) is 14.2. The minimum atomic E-state index is -0.425. The molecule has 0 spiro atoms. The van der Waals surface area contributed by atoms with Crippen molar-refractivity contribution in [2.24, 2.45) is 0 Å². The number of methoxy groups -OCH3 is 1. The molecule has 0 saturated carbocycles. The van der Waals surface area contributed by atoms with Gasteiger partial charge in [-0.05, 0) is 43.2 Å². The number of carbonyl (C=O) groups is 2. The number of ether oxygens (including phenoxy) is 2. The number of nitrogens with one attached hydrogen (secondary N) is 2. The minimum absolute atomic E-state index is 0.185. The van der Waals surface area contributed by atoms with Gasteiger partial charge in [0.2, 0.25) is 11.8 Å². The van der Waals surface area contributed by atoms with Gasteiger partial charge in [-0.15, -0.1) is 0 Å². The van der Waals surface area contributed by atoms with E-state index in [2.05, 4.69) is 10.6 Å². The molecule has 146 valence electrons. The van der Waals surface area contributed by atoms with Crippen molar-refractivity contribution in [2.45, 2.75) is 26.2 Å². The highest BCUT2D eigenvalue weighted by atomic mass is 16.5. The van der Waals surface area contributed by atoms with Crippen LogP contribution < -0.4 is 20.1 Å². The monoisotopic (exact) mass is 381 g/mol. The normalized spacial score (nSPS) is 9.89. The van der Waals surface area contributed by atoms with Gasteiger partial charge in [-0.2, -0.15) is 5.26 Å². The van der Waals surface area contributed by atoms with Crippen LogP contribution in [-0.2, 0) is 16.0 Å².